The molecule has 192 valence electrons. The van der Waals surface area contributed by atoms with E-state index in [1.54, 1.807) is 36.0 Å². The molecule has 1 aliphatic rings. The summed E-state index contributed by atoms with van der Waals surface area (Å²) >= 11 is 0. The zero-order valence-corrected chi connectivity index (χ0v) is 21.1. The van der Waals surface area contributed by atoms with Crippen molar-refractivity contribution in [3.8, 4) is 5.75 Å². The molecule has 7 heteroatoms. The van der Waals surface area contributed by atoms with Crippen molar-refractivity contribution in [3.05, 3.63) is 114 Å². The maximum atomic E-state index is 14.4. The van der Waals surface area contributed by atoms with E-state index in [-0.39, 0.29) is 30.7 Å². The number of benzene rings is 3. The standard InChI is InChI=1S/C30H32FN3O3/c1-21(32)29(35)33-18-6-9-27(24-12-16-26(37-2)17-13-24)34(20-23-10-14-25(31)15-11-23)30(36)28(33)19-22-7-4-3-5-8-22/h3-17,21,27-28H,18-20,32H2,1-2H3/b9-6-/t21-,27-,28+/m1/s1. The fraction of sp³-hybridized carbons (Fsp3) is 0.267. The van der Waals surface area contributed by atoms with Crippen LogP contribution in [0.3, 0.4) is 0 Å². The molecule has 4 rings (SSSR count). The summed E-state index contributed by atoms with van der Waals surface area (Å²) in [5.41, 5.74) is 8.61. The van der Waals surface area contributed by atoms with Gasteiger partial charge < -0.3 is 20.3 Å². The summed E-state index contributed by atoms with van der Waals surface area (Å²) in [6.07, 6.45) is 4.20. The first-order chi connectivity index (χ1) is 17.9. The molecule has 6 nitrogen and oxygen atoms in total. The van der Waals surface area contributed by atoms with E-state index in [9.17, 15) is 14.0 Å². The van der Waals surface area contributed by atoms with E-state index in [1.165, 1.54) is 12.1 Å². The van der Waals surface area contributed by atoms with Gasteiger partial charge in [0.25, 0.3) is 0 Å². The third kappa shape index (κ3) is 6.24. The van der Waals surface area contributed by atoms with Crippen LogP contribution in [0.4, 0.5) is 4.39 Å². The number of hydrogen-bond donors (Lipinski definition) is 1. The van der Waals surface area contributed by atoms with Gasteiger partial charge in [-0.05, 0) is 47.9 Å². The molecule has 2 N–H and O–H groups in total. The van der Waals surface area contributed by atoms with Crippen LogP contribution in [0.25, 0.3) is 0 Å². The maximum absolute atomic E-state index is 14.4. The van der Waals surface area contributed by atoms with Crippen LogP contribution >= 0.6 is 0 Å². The number of methoxy groups -OCH3 is 1. The van der Waals surface area contributed by atoms with E-state index in [1.807, 2.05) is 66.7 Å². The minimum atomic E-state index is -0.757. The Hall–Kier alpha value is -3.97. The molecule has 0 bridgehead atoms. The highest BCUT2D eigenvalue weighted by Gasteiger charge is 2.37. The van der Waals surface area contributed by atoms with Crippen LogP contribution in [0.5, 0.6) is 5.75 Å². The van der Waals surface area contributed by atoms with Gasteiger partial charge in [-0.2, -0.15) is 0 Å². The van der Waals surface area contributed by atoms with Gasteiger partial charge in [0.2, 0.25) is 11.8 Å². The number of halogens is 1. The number of nitrogens with zero attached hydrogens (tertiary/aromatic N) is 2. The zero-order valence-electron chi connectivity index (χ0n) is 21.1. The SMILES string of the molecule is COc1ccc([C@H]2/C=C\CN(C(=O)[C@@H](C)N)[C@@H](Cc3ccccc3)C(=O)N2Cc2ccc(F)cc2)cc1. The van der Waals surface area contributed by atoms with E-state index >= 15 is 0 Å². The molecule has 0 aromatic heterocycles. The highest BCUT2D eigenvalue weighted by atomic mass is 19.1. The van der Waals surface area contributed by atoms with Crippen LogP contribution in [0.2, 0.25) is 0 Å². The van der Waals surface area contributed by atoms with E-state index in [0.29, 0.717) is 12.2 Å². The molecule has 1 aliphatic heterocycles. The third-order valence-electron chi connectivity index (χ3n) is 6.57. The summed E-state index contributed by atoms with van der Waals surface area (Å²) in [5.74, 6) is -0.119. The molecular formula is C30H32FN3O3. The number of ether oxygens (including phenoxy) is 1. The predicted molar refractivity (Wildman–Crippen MR) is 141 cm³/mol. The largest absolute Gasteiger partial charge is 0.497 e. The fourth-order valence-electron chi connectivity index (χ4n) is 4.59. The monoisotopic (exact) mass is 501 g/mol. The summed E-state index contributed by atoms with van der Waals surface area (Å²) in [6.45, 7) is 2.14. The number of rotatable bonds is 7. The van der Waals surface area contributed by atoms with Gasteiger partial charge in [0.1, 0.15) is 17.6 Å². The highest BCUT2D eigenvalue weighted by Crippen LogP contribution is 2.30. The van der Waals surface area contributed by atoms with Gasteiger partial charge in [0, 0.05) is 19.5 Å². The van der Waals surface area contributed by atoms with Gasteiger partial charge in [-0.15, -0.1) is 0 Å². The molecule has 3 aromatic carbocycles. The number of carbonyl (C=O) groups is 2. The second kappa shape index (κ2) is 11.8. The molecule has 0 radical (unpaired) electrons. The van der Waals surface area contributed by atoms with Gasteiger partial charge in [-0.25, -0.2) is 4.39 Å². The van der Waals surface area contributed by atoms with Crippen LogP contribution in [0.1, 0.15) is 29.7 Å². The Labute approximate surface area is 217 Å². The Morgan fingerprint density at radius 3 is 2.32 bits per heavy atom. The molecule has 0 saturated heterocycles. The van der Waals surface area contributed by atoms with Crippen molar-refractivity contribution in [2.75, 3.05) is 13.7 Å². The molecule has 3 aromatic rings. The van der Waals surface area contributed by atoms with Crippen molar-refractivity contribution in [1.82, 2.24) is 9.80 Å². The Morgan fingerprint density at radius 1 is 1.03 bits per heavy atom. The Kier molecular flexibility index (Phi) is 8.36. The van der Waals surface area contributed by atoms with Crippen LogP contribution in [0, 0.1) is 5.82 Å². The second-order valence-corrected chi connectivity index (χ2v) is 9.22. The second-order valence-electron chi connectivity index (χ2n) is 9.22. The van der Waals surface area contributed by atoms with E-state index in [0.717, 1.165) is 16.7 Å². The molecule has 0 unspecified atom stereocenters. The smallest absolute Gasteiger partial charge is 0.246 e. The molecule has 37 heavy (non-hydrogen) atoms. The number of carbonyl (C=O) groups excluding carboxylic acids is 2. The summed E-state index contributed by atoms with van der Waals surface area (Å²) < 4.78 is 18.9. The number of nitrogens with two attached hydrogens (primary N) is 1. The zero-order chi connectivity index (χ0) is 26.4. The Bertz CT molecular complexity index is 1230. The van der Waals surface area contributed by atoms with Crippen LogP contribution in [-0.2, 0) is 22.6 Å². The maximum Gasteiger partial charge on any atom is 0.246 e. The van der Waals surface area contributed by atoms with Gasteiger partial charge >= 0.3 is 0 Å². The molecule has 1 heterocycles. The number of hydrogen-bond acceptors (Lipinski definition) is 4. The first kappa shape index (κ1) is 26.1. The lowest BCUT2D eigenvalue weighted by molar-refractivity contribution is -0.147. The molecule has 0 fully saturated rings. The molecule has 0 spiro atoms. The average molecular weight is 502 g/mol. The first-order valence-corrected chi connectivity index (χ1v) is 12.3. The van der Waals surface area contributed by atoms with Crippen LogP contribution in [-0.4, -0.2) is 47.4 Å². The van der Waals surface area contributed by atoms with E-state index in [2.05, 4.69) is 0 Å². The third-order valence-corrected chi connectivity index (χ3v) is 6.57. The number of amides is 2. The van der Waals surface area contributed by atoms with Crippen LogP contribution in [0.15, 0.2) is 91.0 Å². The molecule has 3 atom stereocenters. The first-order valence-electron chi connectivity index (χ1n) is 12.3. The molecule has 0 saturated carbocycles. The summed E-state index contributed by atoms with van der Waals surface area (Å²) in [5, 5.41) is 0. The molecular weight excluding hydrogens is 469 g/mol. The Balaban J connectivity index is 1.79. The quantitative estimate of drug-likeness (QED) is 0.491. The minimum absolute atomic E-state index is 0.202. The fourth-order valence-corrected chi connectivity index (χ4v) is 4.59. The summed E-state index contributed by atoms with van der Waals surface area (Å²) in [4.78, 5) is 30.9. The normalized spacial score (nSPS) is 19.6. The summed E-state index contributed by atoms with van der Waals surface area (Å²) in [6, 6.07) is 21.4. The van der Waals surface area contributed by atoms with Gasteiger partial charge in [0.15, 0.2) is 0 Å². The van der Waals surface area contributed by atoms with Crippen molar-refractivity contribution in [2.24, 2.45) is 5.73 Å². The van der Waals surface area contributed by atoms with E-state index in [4.69, 9.17) is 10.5 Å². The lowest BCUT2D eigenvalue weighted by Gasteiger charge is -2.40. The van der Waals surface area contributed by atoms with Crippen molar-refractivity contribution in [1.29, 1.82) is 0 Å². The van der Waals surface area contributed by atoms with Crippen molar-refractivity contribution < 1.29 is 18.7 Å². The lowest BCUT2D eigenvalue weighted by Crippen LogP contribution is -2.56. The van der Waals surface area contributed by atoms with Crippen molar-refractivity contribution >= 4 is 11.8 Å². The van der Waals surface area contributed by atoms with Crippen LogP contribution < -0.4 is 10.5 Å². The molecule has 2 amide bonds. The molecule has 0 aliphatic carbocycles. The van der Waals surface area contributed by atoms with Crippen molar-refractivity contribution in [3.63, 3.8) is 0 Å². The Morgan fingerprint density at radius 2 is 1.70 bits per heavy atom. The topological polar surface area (TPSA) is 75.9 Å². The highest BCUT2D eigenvalue weighted by molar-refractivity contribution is 5.90. The van der Waals surface area contributed by atoms with Gasteiger partial charge in [-0.1, -0.05) is 66.7 Å². The average Bonchev–Trinajstić information content (AvgIpc) is 2.91. The predicted octanol–water partition coefficient (Wildman–Crippen LogP) is 4.26. The van der Waals surface area contributed by atoms with Gasteiger partial charge in [-0.3, -0.25) is 9.59 Å². The van der Waals surface area contributed by atoms with Gasteiger partial charge in [0.05, 0.1) is 19.2 Å². The van der Waals surface area contributed by atoms with E-state index < -0.39 is 18.1 Å². The van der Waals surface area contributed by atoms with Crippen molar-refractivity contribution in [2.45, 2.75) is 38.0 Å². The summed E-state index contributed by atoms with van der Waals surface area (Å²) in [7, 11) is 1.60. The minimum Gasteiger partial charge on any atom is -0.497 e. The lowest BCUT2D eigenvalue weighted by atomic mass is 9.96.